The van der Waals surface area contributed by atoms with Crippen molar-refractivity contribution in [1.82, 2.24) is 0 Å². The molecule has 6 heteroatoms. The lowest BCUT2D eigenvalue weighted by Crippen LogP contribution is -2.10. The Morgan fingerprint density at radius 2 is 1.18 bits per heavy atom. The van der Waals surface area contributed by atoms with E-state index in [4.69, 9.17) is 14.2 Å². The van der Waals surface area contributed by atoms with Crippen LogP contribution in [0.5, 0.6) is 17.2 Å². The summed E-state index contributed by atoms with van der Waals surface area (Å²) < 4.78 is 16.1. The van der Waals surface area contributed by atoms with E-state index in [1.54, 1.807) is 44.4 Å². The SMILES string of the molecule is COc1ccc2cc(C(=O)Oc3ccc(C(=O)Oc4ccc(C(C)=O)c(C)c4)cc3)ccc2c1. The number of ether oxygens (including phenoxy) is 3. The van der Waals surface area contributed by atoms with Gasteiger partial charge in [-0.2, -0.15) is 0 Å². The van der Waals surface area contributed by atoms with Crippen LogP contribution in [0.4, 0.5) is 0 Å². The second-order valence-corrected chi connectivity index (χ2v) is 7.76. The minimum absolute atomic E-state index is 0.0515. The molecule has 0 aliphatic heterocycles. The molecule has 0 radical (unpaired) electrons. The molecule has 0 atom stereocenters. The van der Waals surface area contributed by atoms with Crippen LogP contribution in [-0.4, -0.2) is 24.8 Å². The largest absolute Gasteiger partial charge is 0.497 e. The van der Waals surface area contributed by atoms with Gasteiger partial charge in [0.15, 0.2) is 5.78 Å². The Hall–Kier alpha value is -4.45. The van der Waals surface area contributed by atoms with Crippen molar-refractivity contribution < 1.29 is 28.6 Å². The van der Waals surface area contributed by atoms with Crippen LogP contribution in [-0.2, 0) is 0 Å². The summed E-state index contributed by atoms with van der Waals surface area (Å²) in [5, 5.41) is 1.84. The number of ketones is 1. The van der Waals surface area contributed by atoms with E-state index in [1.807, 2.05) is 24.3 Å². The number of hydrogen-bond acceptors (Lipinski definition) is 6. The molecule has 170 valence electrons. The van der Waals surface area contributed by atoms with Gasteiger partial charge in [-0.25, -0.2) is 9.59 Å². The van der Waals surface area contributed by atoms with Gasteiger partial charge >= 0.3 is 11.9 Å². The van der Waals surface area contributed by atoms with E-state index in [9.17, 15) is 14.4 Å². The molecule has 4 rings (SSSR count). The van der Waals surface area contributed by atoms with Crippen molar-refractivity contribution >= 4 is 28.5 Å². The first-order valence-electron chi connectivity index (χ1n) is 10.6. The highest BCUT2D eigenvalue weighted by molar-refractivity contribution is 5.97. The Labute approximate surface area is 196 Å². The highest BCUT2D eigenvalue weighted by Crippen LogP contribution is 2.23. The maximum atomic E-state index is 12.6. The number of esters is 2. The average Bonchev–Trinajstić information content (AvgIpc) is 2.83. The van der Waals surface area contributed by atoms with E-state index in [0.717, 1.165) is 22.1 Å². The lowest BCUT2D eigenvalue weighted by molar-refractivity contribution is 0.0730. The molecule has 0 fully saturated rings. The second-order valence-electron chi connectivity index (χ2n) is 7.76. The number of hydrogen-bond donors (Lipinski definition) is 0. The van der Waals surface area contributed by atoms with E-state index in [2.05, 4.69) is 0 Å². The molecular formula is C28H22O6. The molecule has 34 heavy (non-hydrogen) atoms. The van der Waals surface area contributed by atoms with Gasteiger partial charge in [0, 0.05) is 5.56 Å². The van der Waals surface area contributed by atoms with Gasteiger partial charge in [-0.3, -0.25) is 4.79 Å². The quantitative estimate of drug-likeness (QED) is 0.208. The molecule has 0 N–H and O–H groups in total. The standard InChI is InChI=1S/C28H22O6/c1-17-14-25(12-13-26(17)18(2)29)34-27(30)19-6-9-23(10-7-19)33-28(31)22-5-4-21-16-24(32-3)11-8-20(21)15-22/h4-16H,1-3H3. The van der Waals surface area contributed by atoms with Crippen molar-refractivity contribution in [3.8, 4) is 17.2 Å². The maximum Gasteiger partial charge on any atom is 0.343 e. The zero-order valence-corrected chi connectivity index (χ0v) is 19.0. The van der Waals surface area contributed by atoms with Crippen molar-refractivity contribution in [2.45, 2.75) is 13.8 Å². The van der Waals surface area contributed by atoms with Crippen LogP contribution in [0, 0.1) is 6.92 Å². The molecule has 6 nitrogen and oxygen atoms in total. The minimum Gasteiger partial charge on any atom is -0.497 e. The molecule has 4 aromatic carbocycles. The number of rotatable bonds is 6. The van der Waals surface area contributed by atoms with Gasteiger partial charge in [0.2, 0.25) is 0 Å². The highest BCUT2D eigenvalue weighted by Gasteiger charge is 2.13. The molecular weight excluding hydrogens is 432 g/mol. The third-order valence-electron chi connectivity index (χ3n) is 5.37. The number of methoxy groups -OCH3 is 1. The van der Waals surface area contributed by atoms with E-state index in [1.165, 1.54) is 31.2 Å². The molecule has 0 bridgehead atoms. The predicted octanol–water partition coefficient (Wildman–Crippen LogP) is 5.80. The summed E-state index contributed by atoms with van der Waals surface area (Å²) in [6.07, 6.45) is 0. The van der Waals surface area contributed by atoms with Gasteiger partial charge in [-0.05, 0) is 96.9 Å². The molecule has 0 aliphatic rings. The number of carbonyl (C=O) groups is 3. The van der Waals surface area contributed by atoms with E-state index >= 15 is 0 Å². The molecule has 4 aromatic rings. The Bertz CT molecular complexity index is 1400. The fraction of sp³-hybridized carbons (Fsp3) is 0.107. The summed E-state index contributed by atoms with van der Waals surface area (Å²) in [6.45, 7) is 3.27. The van der Waals surface area contributed by atoms with Gasteiger partial charge in [0.05, 0.1) is 18.2 Å². The van der Waals surface area contributed by atoms with Gasteiger partial charge in [-0.1, -0.05) is 12.1 Å². The molecule has 0 aromatic heterocycles. The Morgan fingerprint density at radius 3 is 1.85 bits per heavy atom. The highest BCUT2D eigenvalue weighted by atomic mass is 16.5. The fourth-order valence-corrected chi connectivity index (χ4v) is 3.56. The van der Waals surface area contributed by atoms with Crippen molar-refractivity contribution in [2.24, 2.45) is 0 Å². The van der Waals surface area contributed by atoms with Crippen LogP contribution in [0.25, 0.3) is 10.8 Å². The molecule has 0 aliphatic carbocycles. The number of benzene rings is 4. The first-order chi connectivity index (χ1) is 16.3. The van der Waals surface area contributed by atoms with Crippen molar-refractivity contribution in [3.63, 3.8) is 0 Å². The molecule has 0 saturated heterocycles. The van der Waals surface area contributed by atoms with Crippen molar-refractivity contribution in [2.75, 3.05) is 7.11 Å². The average molecular weight is 454 g/mol. The van der Waals surface area contributed by atoms with Crippen LogP contribution in [0.1, 0.15) is 43.6 Å². The van der Waals surface area contributed by atoms with Crippen LogP contribution in [0.15, 0.2) is 78.9 Å². The summed E-state index contributed by atoms with van der Waals surface area (Å²) in [7, 11) is 1.60. The zero-order valence-electron chi connectivity index (χ0n) is 19.0. The van der Waals surface area contributed by atoms with E-state index in [0.29, 0.717) is 28.2 Å². The Balaban J connectivity index is 1.42. The van der Waals surface area contributed by atoms with Gasteiger partial charge in [0.25, 0.3) is 0 Å². The minimum atomic E-state index is -0.558. The molecule has 0 amide bonds. The van der Waals surface area contributed by atoms with Crippen LogP contribution < -0.4 is 14.2 Å². The summed E-state index contributed by atoms with van der Waals surface area (Å²) >= 11 is 0. The smallest absolute Gasteiger partial charge is 0.343 e. The number of carbonyl (C=O) groups excluding carboxylic acids is 3. The van der Waals surface area contributed by atoms with E-state index < -0.39 is 11.9 Å². The van der Waals surface area contributed by atoms with E-state index in [-0.39, 0.29) is 5.78 Å². The number of Topliss-reactive ketones (excluding diaryl/α,β-unsaturated/α-hetero) is 1. The second kappa shape index (κ2) is 9.58. The van der Waals surface area contributed by atoms with Crippen LogP contribution in [0.2, 0.25) is 0 Å². The summed E-state index contributed by atoms with van der Waals surface area (Å²) in [5.41, 5.74) is 2.02. The summed E-state index contributed by atoms with van der Waals surface area (Å²) in [4.78, 5) is 36.6. The molecule has 0 spiro atoms. The van der Waals surface area contributed by atoms with Crippen molar-refractivity contribution in [1.29, 1.82) is 0 Å². The lowest BCUT2D eigenvalue weighted by atomic mass is 10.1. The third kappa shape index (κ3) is 4.96. The monoisotopic (exact) mass is 454 g/mol. The maximum absolute atomic E-state index is 12.6. The number of aryl methyl sites for hydroxylation is 1. The first-order valence-corrected chi connectivity index (χ1v) is 10.6. The normalized spacial score (nSPS) is 10.6. The van der Waals surface area contributed by atoms with Gasteiger partial charge < -0.3 is 14.2 Å². The summed E-state index contributed by atoms with van der Waals surface area (Å²) in [6, 6.07) is 21.8. The summed E-state index contributed by atoms with van der Waals surface area (Å²) in [5.74, 6) is 0.274. The molecule has 0 heterocycles. The Morgan fingerprint density at radius 1 is 0.618 bits per heavy atom. The fourth-order valence-electron chi connectivity index (χ4n) is 3.56. The topological polar surface area (TPSA) is 78.9 Å². The molecule has 0 unspecified atom stereocenters. The molecule has 0 saturated carbocycles. The zero-order chi connectivity index (χ0) is 24.2. The van der Waals surface area contributed by atoms with Crippen LogP contribution >= 0.6 is 0 Å². The first kappa shape index (κ1) is 22.7. The number of fused-ring (bicyclic) bond motifs is 1. The van der Waals surface area contributed by atoms with Gasteiger partial charge in [-0.15, -0.1) is 0 Å². The predicted molar refractivity (Wildman–Crippen MR) is 128 cm³/mol. The van der Waals surface area contributed by atoms with Gasteiger partial charge in [0.1, 0.15) is 17.2 Å². The Kier molecular flexibility index (Phi) is 6.41. The third-order valence-corrected chi connectivity index (χ3v) is 5.37. The van der Waals surface area contributed by atoms with Crippen LogP contribution in [0.3, 0.4) is 0 Å². The van der Waals surface area contributed by atoms with Crippen molar-refractivity contribution in [3.05, 3.63) is 101 Å². The lowest BCUT2D eigenvalue weighted by Gasteiger charge is -2.09.